The Hall–Kier alpha value is -3.02. The molecular weight excluding hydrogens is 447 g/mol. The molecule has 0 unspecified atom stereocenters. The summed E-state index contributed by atoms with van der Waals surface area (Å²) in [5.41, 5.74) is -0.623. The third kappa shape index (κ3) is 4.63. The van der Waals surface area contributed by atoms with Crippen LogP contribution in [0.5, 0.6) is 5.88 Å². The van der Waals surface area contributed by atoms with Gasteiger partial charge in [-0.25, -0.2) is 27.8 Å². The molecule has 0 aliphatic heterocycles. The molecule has 3 aromatic rings. The largest absolute Gasteiger partial charge is 0.470 e. The molecule has 1 amide bonds. The summed E-state index contributed by atoms with van der Waals surface area (Å²) in [6, 6.07) is 4.54. The van der Waals surface area contributed by atoms with E-state index >= 15 is 0 Å². The van der Waals surface area contributed by atoms with Crippen molar-refractivity contribution in [2.75, 3.05) is 11.9 Å². The second-order valence-corrected chi connectivity index (χ2v) is 6.35. The minimum Gasteiger partial charge on any atom is -0.470 e. The summed E-state index contributed by atoms with van der Waals surface area (Å²) in [5.74, 6) is -1.80. The lowest BCUT2D eigenvalue weighted by Crippen LogP contribution is -2.30. The van der Waals surface area contributed by atoms with Crippen molar-refractivity contribution in [3.05, 3.63) is 51.2 Å². The van der Waals surface area contributed by atoms with Crippen molar-refractivity contribution in [2.24, 2.45) is 0 Å². The Kier molecular flexibility index (Phi) is 5.87. The number of fused-ring (bicyclic) bond motifs is 1. The van der Waals surface area contributed by atoms with Crippen LogP contribution in [0.15, 0.2) is 39.9 Å². The number of nitrogens with one attached hydrogen (secondary N) is 1. The van der Waals surface area contributed by atoms with Gasteiger partial charge in [0, 0.05) is 4.47 Å². The first-order valence-electron chi connectivity index (χ1n) is 7.72. The maximum Gasteiger partial charge on any atom is 0.275 e. The molecule has 0 fully saturated rings. The lowest BCUT2D eigenvalue weighted by molar-refractivity contribution is -0.117. The Labute approximate surface area is 163 Å². The zero-order chi connectivity index (χ0) is 20.3. The van der Waals surface area contributed by atoms with Gasteiger partial charge in [-0.3, -0.25) is 14.9 Å². The van der Waals surface area contributed by atoms with Crippen molar-refractivity contribution in [1.29, 1.82) is 0 Å². The first-order valence-corrected chi connectivity index (χ1v) is 8.51. The first kappa shape index (κ1) is 19.7. The number of hydrogen-bond donors (Lipinski definition) is 1. The standard InChI is InChI=1S/C16H11BrF3N5O3/c17-8-1-2-10-11(3-8)14(28-7-12(19)20)24-25(15(10)27)6-13(26)23-16-21-4-9(18)5-22-16/h1-5,12H,6-7H2,(H,21,22,23,26). The van der Waals surface area contributed by atoms with Crippen molar-refractivity contribution in [2.45, 2.75) is 13.0 Å². The lowest BCUT2D eigenvalue weighted by Gasteiger charge is -2.12. The molecule has 2 aromatic heterocycles. The summed E-state index contributed by atoms with van der Waals surface area (Å²) in [5, 5.41) is 6.50. The molecule has 8 nitrogen and oxygen atoms in total. The second-order valence-electron chi connectivity index (χ2n) is 5.43. The number of alkyl halides is 2. The molecule has 3 rings (SSSR count). The van der Waals surface area contributed by atoms with E-state index in [-0.39, 0.29) is 22.6 Å². The van der Waals surface area contributed by atoms with E-state index in [4.69, 9.17) is 4.74 Å². The quantitative estimate of drug-likeness (QED) is 0.609. The van der Waals surface area contributed by atoms with Gasteiger partial charge < -0.3 is 4.74 Å². The number of ether oxygens (including phenoxy) is 1. The van der Waals surface area contributed by atoms with Crippen LogP contribution in [0.25, 0.3) is 10.8 Å². The molecule has 0 aliphatic rings. The van der Waals surface area contributed by atoms with Crippen LogP contribution in [0.1, 0.15) is 0 Å². The van der Waals surface area contributed by atoms with Gasteiger partial charge in [0.15, 0.2) is 12.4 Å². The fraction of sp³-hybridized carbons (Fsp3) is 0.188. The van der Waals surface area contributed by atoms with Crippen LogP contribution in [0.2, 0.25) is 0 Å². The molecule has 0 bridgehead atoms. The fourth-order valence-corrected chi connectivity index (χ4v) is 2.62. The number of nitrogens with zero attached hydrogens (tertiary/aromatic N) is 4. The van der Waals surface area contributed by atoms with Crippen LogP contribution in [-0.4, -0.2) is 38.7 Å². The van der Waals surface area contributed by atoms with Gasteiger partial charge in [0.2, 0.25) is 17.7 Å². The van der Waals surface area contributed by atoms with Crippen molar-refractivity contribution in [3.63, 3.8) is 0 Å². The Balaban J connectivity index is 1.92. The zero-order valence-corrected chi connectivity index (χ0v) is 15.5. The number of rotatable bonds is 6. The van der Waals surface area contributed by atoms with Gasteiger partial charge in [-0.2, -0.15) is 0 Å². The predicted molar refractivity (Wildman–Crippen MR) is 95.8 cm³/mol. The average molecular weight is 458 g/mol. The van der Waals surface area contributed by atoms with E-state index < -0.39 is 36.9 Å². The maximum atomic E-state index is 12.8. The van der Waals surface area contributed by atoms with Gasteiger partial charge >= 0.3 is 0 Å². The highest BCUT2D eigenvalue weighted by Gasteiger charge is 2.16. The smallest absolute Gasteiger partial charge is 0.275 e. The summed E-state index contributed by atoms with van der Waals surface area (Å²) >= 11 is 3.23. The van der Waals surface area contributed by atoms with Crippen molar-refractivity contribution >= 4 is 38.6 Å². The minimum absolute atomic E-state index is 0.133. The normalized spacial score (nSPS) is 11.0. The zero-order valence-electron chi connectivity index (χ0n) is 13.9. The molecule has 1 aromatic carbocycles. The van der Waals surface area contributed by atoms with E-state index in [0.29, 0.717) is 4.47 Å². The molecule has 28 heavy (non-hydrogen) atoms. The van der Waals surface area contributed by atoms with Crippen molar-refractivity contribution in [1.82, 2.24) is 19.7 Å². The molecular formula is C16H11BrF3N5O3. The summed E-state index contributed by atoms with van der Waals surface area (Å²) in [7, 11) is 0. The minimum atomic E-state index is -2.75. The van der Waals surface area contributed by atoms with E-state index in [2.05, 4.69) is 36.3 Å². The van der Waals surface area contributed by atoms with Crippen LogP contribution < -0.4 is 15.6 Å². The second kappa shape index (κ2) is 8.33. The first-order chi connectivity index (χ1) is 13.3. The van der Waals surface area contributed by atoms with Gasteiger partial charge in [0.05, 0.1) is 23.2 Å². The van der Waals surface area contributed by atoms with E-state index in [9.17, 15) is 22.8 Å². The Morgan fingerprint density at radius 3 is 2.64 bits per heavy atom. The number of benzene rings is 1. The summed E-state index contributed by atoms with van der Waals surface area (Å²) in [6.45, 7) is -1.49. The number of amides is 1. The highest BCUT2D eigenvalue weighted by molar-refractivity contribution is 9.10. The molecule has 0 aliphatic carbocycles. The fourth-order valence-electron chi connectivity index (χ4n) is 2.26. The molecule has 0 saturated heterocycles. The van der Waals surface area contributed by atoms with Crippen LogP contribution in [0.3, 0.4) is 0 Å². The van der Waals surface area contributed by atoms with Gasteiger partial charge in [0.25, 0.3) is 12.0 Å². The molecule has 0 radical (unpaired) electrons. The highest BCUT2D eigenvalue weighted by atomic mass is 79.9. The molecule has 0 atom stereocenters. The van der Waals surface area contributed by atoms with E-state index in [0.717, 1.165) is 17.1 Å². The molecule has 1 N–H and O–H groups in total. The number of anilines is 1. The molecule has 2 heterocycles. The van der Waals surface area contributed by atoms with Crippen molar-refractivity contribution < 1.29 is 22.7 Å². The van der Waals surface area contributed by atoms with Gasteiger partial charge in [0.1, 0.15) is 6.54 Å². The Bertz CT molecular complexity index is 1080. The monoisotopic (exact) mass is 457 g/mol. The third-order valence-electron chi connectivity index (χ3n) is 3.40. The van der Waals surface area contributed by atoms with Gasteiger partial charge in [-0.05, 0) is 18.2 Å². The van der Waals surface area contributed by atoms with E-state index in [1.165, 1.54) is 12.1 Å². The third-order valence-corrected chi connectivity index (χ3v) is 3.89. The Morgan fingerprint density at radius 1 is 1.25 bits per heavy atom. The van der Waals surface area contributed by atoms with Crippen LogP contribution in [0, 0.1) is 5.82 Å². The number of carbonyl (C=O) groups is 1. The molecule has 0 spiro atoms. The van der Waals surface area contributed by atoms with E-state index in [1.54, 1.807) is 6.07 Å². The predicted octanol–water partition coefficient (Wildman–Crippen LogP) is 2.37. The SMILES string of the molecule is O=C(Cn1nc(OCC(F)F)c2cc(Br)ccc2c1=O)Nc1ncc(F)cn1. The van der Waals surface area contributed by atoms with Crippen LogP contribution >= 0.6 is 15.9 Å². The van der Waals surface area contributed by atoms with Crippen LogP contribution in [-0.2, 0) is 11.3 Å². The molecule has 0 saturated carbocycles. The molecule has 146 valence electrons. The highest BCUT2D eigenvalue weighted by Crippen LogP contribution is 2.24. The summed E-state index contributed by atoms with van der Waals surface area (Å²) in [6.07, 6.45) is -1.03. The number of aromatic nitrogens is 4. The number of hydrogen-bond acceptors (Lipinski definition) is 6. The van der Waals surface area contributed by atoms with E-state index in [1.807, 2.05) is 0 Å². The Morgan fingerprint density at radius 2 is 1.96 bits per heavy atom. The number of halogens is 4. The summed E-state index contributed by atoms with van der Waals surface area (Å²) < 4.78 is 44.2. The molecule has 12 heteroatoms. The topological polar surface area (TPSA) is 99.0 Å². The van der Waals surface area contributed by atoms with Crippen LogP contribution in [0.4, 0.5) is 19.1 Å². The van der Waals surface area contributed by atoms with Gasteiger partial charge in [-0.15, -0.1) is 5.10 Å². The summed E-state index contributed by atoms with van der Waals surface area (Å²) in [4.78, 5) is 31.9. The maximum absolute atomic E-state index is 12.8. The lowest BCUT2D eigenvalue weighted by atomic mass is 10.2. The van der Waals surface area contributed by atoms with Gasteiger partial charge in [-0.1, -0.05) is 15.9 Å². The number of carbonyl (C=O) groups excluding carboxylic acids is 1. The van der Waals surface area contributed by atoms with Crippen molar-refractivity contribution in [3.8, 4) is 5.88 Å². The average Bonchev–Trinajstić information content (AvgIpc) is 2.64.